The van der Waals surface area contributed by atoms with Crippen LogP contribution in [0.2, 0.25) is 0 Å². The van der Waals surface area contributed by atoms with Crippen LogP contribution in [-0.4, -0.2) is 64.3 Å². The Labute approximate surface area is 181 Å². The molecule has 5 nitrogen and oxygen atoms in total. The van der Waals surface area contributed by atoms with Crippen LogP contribution in [0.25, 0.3) is 0 Å². The SMILES string of the molecule is C.C.C=C1CCN1C(C)C.CC(C)N1CCCC1=O.CC(C)N1CCCCC1=O. The fourth-order valence-electron chi connectivity index (χ4n) is 3.61. The molecule has 0 spiro atoms. The van der Waals surface area contributed by atoms with E-state index >= 15 is 0 Å². The summed E-state index contributed by atoms with van der Waals surface area (Å²) >= 11 is 0. The number of rotatable bonds is 3. The molecule has 3 aliphatic heterocycles. The average Bonchev–Trinajstić information content (AvgIpc) is 3.00. The first-order valence-corrected chi connectivity index (χ1v) is 10.7. The highest BCUT2D eigenvalue weighted by molar-refractivity contribution is 5.78. The number of carbonyl (C=O) groups excluding carboxylic acids is 2. The van der Waals surface area contributed by atoms with Crippen molar-refractivity contribution in [2.24, 2.45) is 0 Å². The summed E-state index contributed by atoms with van der Waals surface area (Å²) in [5.41, 5.74) is 1.31. The van der Waals surface area contributed by atoms with Gasteiger partial charge >= 0.3 is 0 Å². The standard InChI is InChI=1S/C8H15NO.C7H13NO.C7H13N.2CH4/c1-7(2)9-6-4-3-5-8(9)10;1-6(2)8-5-3-4-7(8)9;1-6(2)8-5-4-7(8)3;;/h7H,3-6H2,1-2H3;6H,3-5H2,1-2H3;6H,3-5H2,1-2H3;2*1H4. The summed E-state index contributed by atoms with van der Waals surface area (Å²) in [6.07, 6.45) is 6.05. The fourth-order valence-corrected chi connectivity index (χ4v) is 3.61. The molecule has 0 saturated carbocycles. The summed E-state index contributed by atoms with van der Waals surface area (Å²) in [7, 11) is 0. The van der Waals surface area contributed by atoms with Gasteiger partial charge in [-0.1, -0.05) is 21.4 Å². The van der Waals surface area contributed by atoms with Crippen LogP contribution in [0.4, 0.5) is 0 Å². The number of hydrogen-bond acceptors (Lipinski definition) is 3. The Morgan fingerprint density at radius 3 is 1.24 bits per heavy atom. The smallest absolute Gasteiger partial charge is 0.222 e. The lowest BCUT2D eigenvalue weighted by Crippen LogP contribution is -2.40. The van der Waals surface area contributed by atoms with Gasteiger partial charge in [-0.05, 0) is 60.8 Å². The lowest BCUT2D eigenvalue weighted by molar-refractivity contribution is -0.135. The van der Waals surface area contributed by atoms with E-state index in [0.29, 0.717) is 29.9 Å². The molecule has 0 bridgehead atoms. The van der Waals surface area contributed by atoms with Crippen LogP contribution in [0.5, 0.6) is 0 Å². The first kappa shape index (κ1) is 29.7. The van der Waals surface area contributed by atoms with Gasteiger partial charge in [-0.2, -0.15) is 0 Å². The first-order valence-electron chi connectivity index (χ1n) is 10.7. The third-order valence-electron chi connectivity index (χ3n) is 5.39. The van der Waals surface area contributed by atoms with Crippen molar-refractivity contribution >= 4 is 11.8 Å². The molecular formula is C24H49N3O2. The monoisotopic (exact) mass is 411 g/mol. The van der Waals surface area contributed by atoms with Crippen LogP contribution in [0.15, 0.2) is 12.3 Å². The minimum atomic E-state index is 0. The van der Waals surface area contributed by atoms with E-state index in [4.69, 9.17) is 0 Å². The molecule has 3 heterocycles. The van der Waals surface area contributed by atoms with Crippen LogP contribution in [-0.2, 0) is 9.59 Å². The van der Waals surface area contributed by atoms with Crippen molar-refractivity contribution < 1.29 is 9.59 Å². The third kappa shape index (κ3) is 9.68. The third-order valence-corrected chi connectivity index (χ3v) is 5.39. The Bertz CT molecular complexity index is 500. The summed E-state index contributed by atoms with van der Waals surface area (Å²) in [4.78, 5) is 28.3. The fraction of sp³-hybridized carbons (Fsp3) is 0.833. The molecule has 3 rings (SSSR count). The predicted molar refractivity (Wildman–Crippen MR) is 126 cm³/mol. The second-order valence-corrected chi connectivity index (χ2v) is 8.53. The van der Waals surface area contributed by atoms with Crippen LogP contribution in [0.3, 0.4) is 0 Å². The van der Waals surface area contributed by atoms with Gasteiger partial charge < -0.3 is 14.7 Å². The van der Waals surface area contributed by atoms with E-state index in [1.807, 2.05) is 9.80 Å². The highest BCUT2D eigenvalue weighted by Gasteiger charge is 2.22. The Kier molecular flexibility index (Phi) is 14.8. The molecule has 29 heavy (non-hydrogen) atoms. The van der Waals surface area contributed by atoms with E-state index in [-0.39, 0.29) is 14.9 Å². The van der Waals surface area contributed by atoms with Crippen LogP contribution >= 0.6 is 0 Å². The van der Waals surface area contributed by atoms with Crippen molar-refractivity contribution in [3.63, 3.8) is 0 Å². The van der Waals surface area contributed by atoms with Gasteiger partial charge in [0.05, 0.1) is 0 Å². The first-order chi connectivity index (χ1) is 12.6. The Morgan fingerprint density at radius 2 is 1.03 bits per heavy atom. The molecule has 3 aliphatic rings. The van der Waals surface area contributed by atoms with Crippen LogP contribution in [0.1, 0.15) is 94.9 Å². The van der Waals surface area contributed by atoms with E-state index in [2.05, 4.69) is 53.0 Å². The minimum absolute atomic E-state index is 0. The molecule has 172 valence electrons. The molecule has 3 saturated heterocycles. The largest absolute Gasteiger partial charge is 0.372 e. The van der Waals surface area contributed by atoms with Crippen LogP contribution in [0, 0.1) is 0 Å². The average molecular weight is 412 g/mol. The number of likely N-dealkylation sites (tertiary alicyclic amines) is 3. The molecule has 0 aliphatic carbocycles. The zero-order chi connectivity index (χ0) is 20.6. The van der Waals surface area contributed by atoms with Gasteiger partial charge in [-0.3, -0.25) is 9.59 Å². The summed E-state index contributed by atoms with van der Waals surface area (Å²) in [5.74, 6) is 0.659. The second kappa shape index (κ2) is 14.5. The summed E-state index contributed by atoms with van der Waals surface area (Å²) in [6, 6.07) is 1.46. The molecule has 3 fully saturated rings. The van der Waals surface area contributed by atoms with Gasteiger partial charge in [0.1, 0.15) is 0 Å². The number of nitrogens with zero attached hydrogens (tertiary/aromatic N) is 3. The summed E-state index contributed by atoms with van der Waals surface area (Å²) < 4.78 is 0. The lowest BCUT2D eigenvalue weighted by Gasteiger charge is -2.39. The van der Waals surface area contributed by atoms with Crippen LogP contribution < -0.4 is 0 Å². The van der Waals surface area contributed by atoms with Crippen molar-refractivity contribution in [2.45, 2.75) is 113 Å². The second-order valence-electron chi connectivity index (χ2n) is 8.53. The molecule has 0 N–H and O–H groups in total. The van der Waals surface area contributed by atoms with E-state index in [1.54, 1.807) is 0 Å². The number of amides is 2. The Balaban J connectivity index is 0. The predicted octanol–water partition coefficient (Wildman–Crippen LogP) is 5.31. The zero-order valence-electron chi connectivity index (χ0n) is 18.5. The van der Waals surface area contributed by atoms with Gasteiger partial charge in [0.15, 0.2) is 0 Å². The summed E-state index contributed by atoms with van der Waals surface area (Å²) in [6.45, 7) is 19.7. The van der Waals surface area contributed by atoms with E-state index in [1.165, 1.54) is 25.1 Å². The maximum atomic E-state index is 11.2. The maximum absolute atomic E-state index is 11.2. The Hall–Kier alpha value is -1.52. The van der Waals surface area contributed by atoms with E-state index in [9.17, 15) is 9.59 Å². The molecule has 0 aromatic rings. The molecule has 0 radical (unpaired) electrons. The minimum Gasteiger partial charge on any atom is -0.372 e. The van der Waals surface area contributed by atoms with Gasteiger partial charge in [-0.25, -0.2) is 0 Å². The zero-order valence-corrected chi connectivity index (χ0v) is 18.5. The van der Waals surface area contributed by atoms with Crippen molar-refractivity contribution in [1.29, 1.82) is 0 Å². The number of piperidine rings is 1. The van der Waals surface area contributed by atoms with Crippen molar-refractivity contribution in [3.05, 3.63) is 12.3 Å². The lowest BCUT2D eigenvalue weighted by atomic mass is 10.1. The quantitative estimate of drug-likeness (QED) is 0.632. The van der Waals surface area contributed by atoms with Gasteiger partial charge in [0.2, 0.25) is 11.8 Å². The highest BCUT2D eigenvalue weighted by Crippen LogP contribution is 2.21. The molecule has 0 aromatic heterocycles. The number of carbonyl (C=O) groups is 2. The summed E-state index contributed by atoms with van der Waals surface area (Å²) in [5, 5.41) is 0. The maximum Gasteiger partial charge on any atom is 0.222 e. The normalized spacial score (nSPS) is 18.5. The highest BCUT2D eigenvalue weighted by atomic mass is 16.2. The molecule has 5 heteroatoms. The van der Waals surface area contributed by atoms with E-state index < -0.39 is 0 Å². The van der Waals surface area contributed by atoms with Gasteiger partial charge in [0, 0.05) is 62.7 Å². The number of hydrogen-bond donors (Lipinski definition) is 0. The van der Waals surface area contributed by atoms with Crippen molar-refractivity contribution in [3.8, 4) is 0 Å². The Morgan fingerprint density at radius 1 is 0.621 bits per heavy atom. The van der Waals surface area contributed by atoms with Crippen molar-refractivity contribution in [1.82, 2.24) is 14.7 Å². The molecule has 2 amide bonds. The van der Waals surface area contributed by atoms with Gasteiger partial charge in [-0.15, -0.1) is 0 Å². The molecule has 0 unspecified atom stereocenters. The van der Waals surface area contributed by atoms with Gasteiger partial charge in [0.25, 0.3) is 0 Å². The van der Waals surface area contributed by atoms with Crippen molar-refractivity contribution in [2.75, 3.05) is 19.6 Å². The van der Waals surface area contributed by atoms with E-state index in [0.717, 1.165) is 38.8 Å². The molecule has 0 atom stereocenters. The molecular weight excluding hydrogens is 362 g/mol. The molecule has 0 aromatic carbocycles. The topological polar surface area (TPSA) is 43.9 Å².